The van der Waals surface area contributed by atoms with Gasteiger partial charge in [-0.15, -0.1) is 0 Å². The SMILES string of the molecule is CC/C=C\C/C=C\C/C=C\C/C=C\C/C=C\C/C=C\C/C=C\CCCCCCCC(=O)OCC(COC(=O)CCCCCCCCCCCCCC)OC(=O)CCCCCCCCCCCCCCCCCC. The van der Waals surface area contributed by atoms with Crippen LogP contribution in [0.5, 0.6) is 0 Å². The molecule has 0 bridgehead atoms. The van der Waals surface area contributed by atoms with Crippen LogP contribution in [-0.4, -0.2) is 37.2 Å². The minimum absolute atomic E-state index is 0.0785. The molecule has 0 saturated heterocycles. The quantitative estimate of drug-likeness (QED) is 0.0261. The number of rotatable bonds is 56. The molecule has 0 aliphatic carbocycles. The van der Waals surface area contributed by atoms with E-state index < -0.39 is 6.10 Å². The van der Waals surface area contributed by atoms with Gasteiger partial charge in [0.15, 0.2) is 6.10 Å². The van der Waals surface area contributed by atoms with Crippen LogP contribution in [0.15, 0.2) is 85.1 Å². The van der Waals surface area contributed by atoms with Gasteiger partial charge in [0.05, 0.1) is 0 Å². The number of carbonyl (C=O) groups is 3. The summed E-state index contributed by atoms with van der Waals surface area (Å²) in [5.41, 5.74) is 0. The van der Waals surface area contributed by atoms with E-state index >= 15 is 0 Å². The Morgan fingerprint density at radius 1 is 0.288 bits per heavy atom. The lowest BCUT2D eigenvalue weighted by atomic mass is 10.0. The van der Waals surface area contributed by atoms with E-state index in [9.17, 15) is 14.4 Å². The molecule has 0 N–H and O–H groups in total. The number of carbonyl (C=O) groups excluding carboxylic acids is 3. The first-order chi connectivity index (χ1) is 36.0. The molecule has 73 heavy (non-hydrogen) atoms. The summed E-state index contributed by atoms with van der Waals surface area (Å²) in [6.45, 7) is 6.54. The third-order valence-electron chi connectivity index (χ3n) is 13.4. The number of ether oxygens (including phenoxy) is 3. The van der Waals surface area contributed by atoms with E-state index in [4.69, 9.17) is 14.2 Å². The van der Waals surface area contributed by atoms with Gasteiger partial charge < -0.3 is 14.2 Å². The zero-order valence-electron chi connectivity index (χ0n) is 48.1. The van der Waals surface area contributed by atoms with Gasteiger partial charge in [-0.05, 0) is 77.0 Å². The van der Waals surface area contributed by atoms with Crippen LogP contribution < -0.4 is 0 Å². The van der Waals surface area contributed by atoms with Crippen molar-refractivity contribution in [2.24, 2.45) is 0 Å². The Morgan fingerprint density at radius 3 is 0.836 bits per heavy atom. The normalized spacial score (nSPS) is 12.6. The Bertz CT molecular complexity index is 1400. The number of esters is 3. The van der Waals surface area contributed by atoms with Crippen LogP contribution in [0.4, 0.5) is 0 Å². The standard InChI is InChI=1S/C67H116O6/c1-4-7-10-13-16-19-22-25-27-29-30-31-32-33-34-35-36-37-38-39-41-42-45-48-51-54-57-60-66(69)72-63-64(62-71-65(68)59-56-53-50-47-44-24-21-18-15-12-9-6-3)73-67(70)61-58-55-52-49-46-43-40-28-26-23-20-17-14-11-8-5-2/h7,10,16,19,25,27,30-31,33-34,36-37,39,41,64H,4-6,8-9,11-15,17-18,20-24,26,28-29,32,35,38,40,42-63H2,1-3H3/b10-7-,19-16-,27-25-,31-30-,34-33-,37-36-,41-39-. The minimum atomic E-state index is -0.782. The molecule has 0 saturated carbocycles. The van der Waals surface area contributed by atoms with Crippen LogP contribution in [-0.2, 0) is 28.6 Å². The van der Waals surface area contributed by atoms with E-state index in [1.54, 1.807) is 0 Å². The number of allylic oxidation sites excluding steroid dienone is 14. The molecule has 0 spiro atoms. The molecule has 1 atom stereocenters. The molecular weight excluding hydrogens is 901 g/mol. The van der Waals surface area contributed by atoms with Crippen molar-refractivity contribution in [2.45, 2.75) is 309 Å². The van der Waals surface area contributed by atoms with Crippen molar-refractivity contribution in [2.75, 3.05) is 13.2 Å². The fraction of sp³-hybridized carbons (Fsp3) is 0.746. The zero-order chi connectivity index (χ0) is 52.9. The van der Waals surface area contributed by atoms with Gasteiger partial charge in [-0.1, -0.05) is 292 Å². The van der Waals surface area contributed by atoms with Crippen LogP contribution in [0.2, 0.25) is 0 Å². The van der Waals surface area contributed by atoms with Gasteiger partial charge in [0.2, 0.25) is 0 Å². The average molecular weight is 1020 g/mol. The predicted molar refractivity (Wildman–Crippen MR) is 316 cm³/mol. The lowest BCUT2D eigenvalue weighted by Gasteiger charge is -2.18. The van der Waals surface area contributed by atoms with Crippen molar-refractivity contribution in [3.05, 3.63) is 85.1 Å². The summed E-state index contributed by atoms with van der Waals surface area (Å²) >= 11 is 0. The molecule has 6 heteroatoms. The average Bonchev–Trinajstić information content (AvgIpc) is 3.39. The van der Waals surface area contributed by atoms with E-state index in [0.717, 1.165) is 122 Å². The molecule has 0 amide bonds. The maximum atomic E-state index is 12.9. The molecule has 0 aliphatic rings. The fourth-order valence-electron chi connectivity index (χ4n) is 8.78. The summed E-state index contributed by atoms with van der Waals surface area (Å²) in [5, 5.41) is 0. The van der Waals surface area contributed by atoms with Crippen LogP contribution in [0, 0.1) is 0 Å². The fourth-order valence-corrected chi connectivity index (χ4v) is 8.78. The molecule has 420 valence electrons. The number of unbranched alkanes of at least 4 members (excludes halogenated alkanes) is 31. The minimum Gasteiger partial charge on any atom is -0.462 e. The third kappa shape index (κ3) is 59.3. The molecule has 0 aliphatic heterocycles. The van der Waals surface area contributed by atoms with Crippen LogP contribution in [0.3, 0.4) is 0 Å². The van der Waals surface area contributed by atoms with Crippen molar-refractivity contribution < 1.29 is 28.6 Å². The van der Waals surface area contributed by atoms with E-state index in [2.05, 4.69) is 106 Å². The van der Waals surface area contributed by atoms with Crippen LogP contribution in [0.1, 0.15) is 303 Å². The zero-order valence-corrected chi connectivity index (χ0v) is 48.1. The van der Waals surface area contributed by atoms with Crippen molar-refractivity contribution >= 4 is 17.9 Å². The highest BCUT2D eigenvalue weighted by Gasteiger charge is 2.19. The molecule has 0 aromatic rings. The summed E-state index contributed by atoms with van der Waals surface area (Å²) in [5.74, 6) is -0.886. The number of hydrogen-bond acceptors (Lipinski definition) is 6. The Balaban J connectivity index is 4.33. The molecular formula is C67H116O6. The maximum absolute atomic E-state index is 12.9. The van der Waals surface area contributed by atoms with Crippen molar-refractivity contribution in [1.29, 1.82) is 0 Å². The molecule has 0 radical (unpaired) electrons. The topological polar surface area (TPSA) is 78.9 Å². The van der Waals surface area contributed by atoms with Gasteiger partial charge in [-0.3, -0.25) is 14.4 Å². The van der Waals surface area contributed by atoms with Crippen molar-refractivity contribution in [3.8, 4) is 0 Å². The summed E-state index contributed by atoms with van der Waals surface area (Å²) in [7, 11) is 0. The van der Waals surface area contributed by atoms with Gasteiger partial charge in [-0.25, -0.2) is 0 Å². The Kier molecular flexibility index (Phi) is 58.3. The predicted octanol–water partition coefficient (Wildman–Crippen LogP) is 21.1. The van der Waals surface area contributed by atoms with Gasteiger partial charge in [-0.2, -0.15) is 0 Å². The second-order valence-corrected chi connectivity index (χ2v) is 20.6. The van der Waals surface area contributed by atoms with Crippen LogP contribution >= 0.6 is 0 Å². The molecule has 0 fully saturated rings. The molecule has 0 aromatic heterocycles. The molecule has 0 rings (SSSR count). The van der Waals surface area contributed by atoms with E-state index in [1.165, 1.54) is 141 Å². The van der Waals surface area contributed by atoms with E-state index in [0.29, 0.717) is 19.3 Å². The van der Waals surface area contributed by atoms with Crippen LogP contribution in [0.25, 0.3) is 0 Å². The molecule has 0 aromatic carbocycles. The number of hydrogen-bond donors (Lipinski definition) is 0. The molecule has 1 unspecified atom stereocenters. The van der Waals surface area contributed by atoms with Crippen molar-refractivity contribution in [3.63, 3.8) is 0 Å². The summed E-state index contributed by atoms with van der Waals surface area (Å²) in [6, 6.07) is 0. The lowest BCUT2D eigenvalue weighted by molar-refractivity contribution is -0.167. The first-order valence-corrected chi connectivity index (χ1v) is 31.1. The first-order valence-electron chi connectivity index (χ1n) is 31.1. The highest BCUT2D eigenvalue weighted by Crippen LogP contribution is 2.16. The second kappa shape index (κ2) is 61.1. The monoisotopic (exact) mass is 1020 g/mol. The first kappa shape index (κ1) is 69.6. The Labute approximate surface area is 452 Å². The van der Waals surface area contributed by atoms with E-state index in [-0.39, 0.29) is 31.1 Å². The second-order valence-electron chi connectivity index (χ2n) is 20.6. The van der Waals surface area contributed by atoms with Gasteiger partial charge in [0.25, 0.3) is 0 Å². The van der Waals surface area contributed by atoms with Gasteiger partial charge in [0.1, 0.15) is 13.2 Å². The van der Waals surface area contributed by atoms with Gasteiger partial charge in [0, 0.05) is 19.3 Å². The maximum Gasteiger partial charge on any atom is 0.306 e. The third-order valence-corrected chi connectivity index (χ3v) is 13.4. The molecule has 0 heterocycles. The summed E-state index contributed by atoms with van der Waals surface area (Å²) < 4.78 is 16.9. The highest BCUT2D eigenvalue weighted by atomic mass is 16.6. The smallest absolute Gasteiger partial charge is 0.306 e. The van der Waals surface area contributed by atoms with Gasteiger partial charge >= 0.3 is 17.9 Å². The van der Waals surface area contributed by atoms with Crippen molar-refractivity contribution in [1.82, 2.24) is 0 Å². The highest BCUT2D eigenvalue weighted by molar-refractivity contribution is 5.71. The van der Waals surface area contributed by atoms with E-state index in [1.807, 2.05) is 0 Å². The largest absolute Gasteiger partial charge is 0.462 e. The lowest BCUT2D eigenvalue weighted by Crippen LogP contribution is -2.30. The Hall–Kier alpha value is -3.41. The summed E-state index contributed by atoms with van der Waals surface area (Å²) in [6.07, 6.45) is 80.1. The Morgan fingerprint density at radius 2 is 0.534 bits per heavy atom. The summed E-state index contributed by atoms with van der Waals surface area (Å²) in [4.78, 5) is 38.2. The molecule has 6 nitrogen and oxygen atoms in total.